The van der Waals surface area contributed by atoms with E-state index in [4.69, 9.17) is 37.1 Å². The molecule has 4 aromatic rings. The van der Waals surface area contributed by atoms with Crippen LogP contribution in [-0.4, -0.2) is 12.5 Å². The van der Waals surface area contributed by atoms with Crippen LogP contribution in [0.25, 0.3) is 11.0 Å². The van der Waals surface area contributed by atoms with Gasteiger partial charge in [-0.05, 0) is 49.4 Å². The van der Waals surface area contributed by atoms with E-state index in [-0.39, 0.29) is 17.8 Å². The van der Waals surface area contributed by atoms with E-state index in [1.54, 1.807) is 42.5 Å². The fourth-order valence-electron chi connectivity index (χ4n) is 2.96. The summed E-state index contributed by atoms with van der Waals surface area (Å²) in [5.41, 5.74) is 1.54. The van der Waals surface area contributed by atoms with E-state index in [1.807, 2.05) is 19.1 Å². The zero-order valence-electron chi connectivity index (χ0n) is 16.9. The highest BCUT2D eigenvalue weighted by atomic mass is 35.5. The van der Waals surface area contributed by atoms with Crippen molar-refractivity contribution < 1.29 is 18.7 Å². The zero-order valence-corrected chi connectivity index (χ0v) is 18.4. The summed E-state index contributed by atoms with van der Waals surface area (Å²) >= 11 is 11.9. The van der Waals surface area contributed by atoms with Crippen molar-refractivity contribution in [3.05, 3.63) is 92.8 Å². The fourth-order valence-corrected chi connectivity index (χ4v) is 3.48. The molecular formula is C24H17Cl2NO5. The van der Waals surface area contributed by atoms with Crippen LogP contribution in [0.4, 0.5) is 5.69 Å². The van der Waals surface area contributed by atoms with Crippen LogP contribution in [0.2, 0.25) is 10.0 Å². The SMILES string of the molecule is Cc1ccc(Oc2coc3cc(OCC(=O)Nc4cc(Cl)cc(Cl)c4)ccc3c2=O)cc1. The van der Waals surface area contributed by atoms with Gasteiger partial charge in [0.1, 0.15) is 23.3 Å². The molecule has 3 aromatic carbocycles. The number of halogens is 2. The quantitative estimate of drug-likeness (QED) is 0.362. The van der Waals surface area contributed by atoms with Gasteiger partial charge >= 0.3 is 0 Å². The van der Waals surface area contributed by atoms with Crippen molar-refractivity contribution in [1.29, 1.82) is 0 Å². The van der Waals surface area contributed by atoms with Gasteiger partial charge in [-0.3, -0.25) is 9.59 Å². The number of amides is 1. The minimum atomic E-state index is -0.397. The van der Waals surface area contributed by atoms with Crippen molar-refractivity contribution in [2.24, 2.45) is 0 Å². The third-order valence-electron chi connectivity index (χ3n) is 4.48. The number of hydrogen-bond acceptors (Lipinski definition) is 5. The van der Waals surface area contributed by atoms with Crippen LogP contribution in [-0.2, 0) is 4.79 Å². The molecule has 4 rings (SSSR count). The van der Waals surface area contributed by atoms with E-state index >= 15 is 0 Å². The molecule has 1 amide bonds. The molecule has 0 saturated carbocycles. The lowest BCUT2D eigenvalue weighted by atomic mass is 10.2. The first-order valence-corrected chi connectivity index (χ1v) is 10.3. The normalized spacial score (nSPS) is 10.7. The molecule has 0 saturated heterocycles. The van der Waals surface area contributed by atoms with Crippen LogP contribution in [0.3, 0.4) is 0 Å². The number of nitrogens with one attached hydrogen (secondary N) is 1. The fraction of sp³-hybridized carbons (Fsp3) is 0.0833. The predicted octanol–water partition coefficient (Wildman–Crippen LogP) is 6.22. The summed E-state index contributed by atoms with van der Waals surface area (Å²) in [7, 11) is 0. The Kier molecular flexibility index (Phi) is 6.35. The maximum absolute atomic E-state index is 12.7. The Balaban J connectivity index is 1.44. The first-order chi connectivity index (χ1) is 15.4. The Morgan fingerprint density at radius 1 is 0.969 bits per heavy atom. The molecule has 0 aliphatic rings. The van der Waals surface area contributed by atoms with Gasteiger partial charge in [0, 0.05) is 21.8 Å². The number of hydrogen-bond donors (Lipinski definition) is 1. The monoisotopic (exact) mass is 469 g/mol. The molecule has 0 atom stereocenters. The lowest BCUT2D eigenvalue weighted by Crippen LogP contribution is -2.20. The van der Waals surface area contributed by atoms with E-state index in [0.717, 1.165) is 5.56 Å². The van der Waals surface area contributed by atoms with Gasteiger partial charge in [-0.25, -0.2) is 0 Å². The van der Waals surface area contributed by atoms with E-state index in [1.165, 1.54) is 12.3 Å². The van der Waals surface area contributed by atoms with Gasteiger partial charge in [0.15, 0.2) is 6.61 Å². The molecule has 6 nitrogen and oxygen atoms in total. The molecule has 0 unspecified atom stereocenters. The molecular weight excluding hydrogens is 453 g/mol. The molecule has 0 radical (unpaired) electrons. The van der Waals surface area contributed by atoms with Gasteiger partial charge in [0.25, 0.3) is 5.91 Å². The summed E-state index contributed by atoms with van der Waals surface area (Å²) in [6.45, 7) is 1.71. The molecule has 0 aliphatic heterocycles. The first kappa shape index (κ1) is 21.7. The molecule has 1 aromatic heterocycles. The van der Waals surface area contributed by atoms with Crippen LogP contribution < -0.4 is 20.2 Å². The molecule has 0 fully saturated rings. The number of fused-ring (bicyclic) bond motifs is 1. The Labute approximate surface area is 193 Å². The number of anilines is 1. The number of benzene rings is 3. The molecule has 0 aliphatic carbocycles. The summed E-state index contributed by atoms with van der Waals surface area (Å²) in [4.78, 5) is 24.9. The number of carbonyl (C=O) groups is 1. The topological polar surface area (TPSA) is 77.8 Å². The molecule has 1 heterocycles. The number of carbonyl (C=O) groups excluding carboxylic acids is 1. The minimum absolute atomic E-state index is 0.0783. The smallest absolute Gasteiger partial charge is 0.262 e. The molecule has 1 N–H and O–H groups in total. The van der Waals surface area contributed by atoms with Crippen molar-refractivity contribution in [3.8, 4) is 17.2 Å². The maximum Gasteiger partial charge on any atom is 0.262 e. The van der Waals surface area contributed by atoms with Gasteiger partial charge in [0.05, 0.1) is 5.39 Å². The van der Waals surface area contributed by atoms with Gasteiger partial charge in [-0.1, -0.05) is 40.9 Å². The highest BCUT2D eigenvalue weighted by Gasteiger charge is 2.11. The standard InChI is InChI=1S/C24H17Cl2NO5/c1-14-2-4-18(5-3-14)32-22-12-31-21-11-19(6-7-20(21)24(22)29)30-13-23(28)27-17-9-15(25)8-16(26)10-17/h2-12H,13H2,1H3,(H,27,28). The number of ether oxygens (including phenoxy) is 2. The van der Waals surface area contributed by atoms with Crippen molar-refractivity contribution in [2.45, 2.75) is 6.92 Å². The average Bonchev–Trinajstić information content (AvgIpc) is 2.75. The molecule has 0 spiro atoms. The van der Waals surface area contributed by atoms with Crippen molar-refractivity contribution in [3.63, 3.8) is 0 Å². The van der Waals surface area contributed by atoms with Gasteiger partial charge in [-0.2, -0.15) is 0 Å². The Morgan fingerprint density at radius 2 is 1.66 bits per heavy atom. The van der Waals surface area contributed by atoms with Crippen LogP contribution in [0.5, 0.6) is 17.2 Å². The Morgan fingerprint density at radius 3 is 2.38 bits per heavy atom. The first-order valence-electron chi connectivity index (χ1n) is 9.56. The van der Waals surface area contributed by atoms with Crippen molar-refractivity contribution in [1.82, 2.24) is 0 Å². The van der Waals surface area contributed by atoms with Crippen molar-refractivity contribution in [2.75, 3.05) is 11.9 Å². The largest absolute Gasteiger partial charge is 0.484 e. The second-order valence-electron chi connectivity index (χ2n) is 7.00. The minimum Gasteiger partial charge on any atom is -0.484 e. The van der Waals surface area contributed by atoms with Gasteiger partial charge in [0.2, 0.25) is 11.2 Å². The molecule has 8 heteroatoms. The Hall–Kier alpha value is -3.48. The highest BCUT2D eigenvalue weighted by Crippen LogP contribution is 2.25. The second kappa shape index (κ2) is 9.34. The van der Waals surface area contributed by atoms with Gasteiger partial charge < -0.3 is 19.2 Å². The van der Waals surface area contributed by atoms with Crippen LogP contribution in [0.15, 0.2) is 76.1 Å². The van der Waals surface area contributed by atoms with E-state index in [2.05, 4.69) is 5.32 Å². The lowest BCUT2D eigenvalue weighted by molar-refractivity contribution is -0.118. The molecule has 32 heavy (non-hydrogen) atoms. The summed E-state index contributed by atoms with van der Waals surface area (Å²) in [6, 6.07) is 16.7. The van der Waals surface area contributed by atoms with E-state index in [0.29, 0.717) is 38.2 Å². The third kappa shape index (κ3) is 5.22. The number of rotatable bonds is 6. The highest BCUT2D eigenvalue weighted by molar-refractivity contribution is 6.35. The second-order valence-corrected chi connectivity index (χ2v) is 7.87. The lowest BCUT2D eigenvalue weighted by Gasteiger charge is -2.09. The van der Waals surface area contributed by atoms with Crippen LogP contribution in [0.1, 0.15) is 5.56 Å². The van der Waals surface area contributed by atoms with Gasteiger partial charge in [-0.15, -0.1) is 0 Å². The average molecular weight is 470 g/mol. The van der Waals surface area contributed by atoms with Crippen LogP contribution in [0, 0.1) is 6.92 Å². The summed E-state index contributed by atoms with van der Waals surface area (Å²) in [5, 5.41) is 3.80. The maximum atomic E-state index is 12.7. The van der Waals surface area contributed by atoms with E-state index in [9.17, 15) is 9.59 Å². The van der Waals surface area contributed by atoms with E-state index < -0.39 is 5.91 Å². The van der Waals surface area contributed by atoms with Crippen molar-refractivity contribution >= 4 is 45.8 Å². The van der Waals surface area contributed by atoms with Crippen LogP contribution >= 0.6 is 23.2 Å². The molecule has 162 valence electrons. The molecule has 0 bridgehead atoms. The third-order valence-corrected chi connectivity index (χ3v) is 4.92. The predicted molar refractivity (Wildman–Crippen MR) is 124 cm³/mol. The summed E-state index contributed by atoms with van der Waals surface area (Å²) in [5.74, 6) is 0.586. The zero-order chi connectivity index (χ0) is 22.7. The summed E-state index contributed by atoms with van der Waals surface area (Å²) in [6.07, 6.45) is 1.25. The Bertz CT molecular complexity index is 1330. The number of aryl methyl sites for hydroxylation is 1. The summed E-state index contributed by atoms with van der Waals surface area (Å²) < 4.78 is 16.7.